The lowest BCUT2D eigenvalue weighted by Crippen LogP contribution is -1.97. The zero-order valence-electron chi connectivity index (χ0n) is 15.0. The number of phenolic OH excluding ortho intramolecular Hbond substituents is 1. The summed E-state index contributed by atoms with van der Waals surface area (Å²) >= 11 is 12.6. The van der Waals surface area contributed by atoms with Gasteiger partial charge in [-0.2, -0.15) is 0 Å². The van der Waals surface area contributed by atoms with Crippen LogP contribution in [0.4, 0.5) is 0 Å². The van der Waals surface area contributed by atoms with Crippen molar-refractivity contribution in [3.05, 3.63) is 57.8 Å². The molecule has 0 saturated heterocycles. The number of hydrogen-bond donors (Lipinski definition) is 1. The van der Waals surface area contributed by atoms with Crippen molar-refractivity contribution in [3.63, 3.8) is 0 Å². The monoisotopic (exact) mass is 427 g/mol. The summed E-state index contributed by atoms with van der Waals surface area (Å²) in [5.41, 5.74) is 1.89. The first-order chi connectivity index (χ1) is 12.5. The number of pyridine rings is 1. The lowest BCUT2D eigenvalue weighted by atomic mass is 10.00. The summed E-state index contributed by atoms with van der Waals surface area (Å²) in [4.78, 5) is 4.26. The second-order valence-electron chi connectivity index (χ2n) is 5.74. The Morgan fingerprint density at radius 2 is 1.63 bits per heavy atom. The zero-order chi connectivity index (χ0) is 18.7. The molecule has 144 valence electrons. The molecule has 1 heterocycles. The number of halogens is 3. The Kier molecular flexibility index (Phi) is 7.42. The molecule has 0 amide bonds. The standard InChI is InChI=1S/C20H19Cl2NO3.ClH/c1-3-25-18-6-5-14-13(10-23-11-15(14)19(18)24)7-12-8-16(21)20(26-4-2)17(22)9-12;/h5-6,8-11,24H,3-4,7H2,1-2H3;1H. The van der Waals surface area contributed by atoms with Crippen LogP contribution in [0.2, 0.25) is 10.0 Å². The first-order valence-electron chi connectivity index (χ1n) is 8.37. The SMILES string of the molecule is CCOc1ccc2c(Cc3cc(Cl)c(OCC)c(Cl)c3)cncc2c1O.Cl. The molecule has 0 bridgehead atoms. The van der Waals surface area contributed by atoms with E-state index >= 15 is 0 Å². The summed E-state index contributed by atoms with van der Waals surface area (Å²) in [7, 11) is 0. The lowest BCUT2D eigenvalue weighted by molar-refractivity contribution is 0.320. The third kappa shape index (κ3) is 4.52. The highest BCUT2D eigenvalue weighted by atomic mass is 35.5. The van der Waals surface area contributed by atoms with Crippen LogP contribution in [0.3, 0.4) is 0 Å². The van der Waals surface area contributed by atoms with Crippen LogP contribution in [0.15, 0.2) is 36.7 Å². The predicted molar refractivity (Wildman–Crippen MR) is 112 cm³/mol. The molecule has 0 unspecified atom stereocenters. The van der Waals surface area contributed by atoms with Gasteiger partial charge in [-0.3, -0.25) is 4.98 Å². The second kappa shape index (κ2) is 9.36. The van der Waals surface area contributed by atoms with E-state index in [1.54, 1.807) is 18.5 Å². The second-order valence-corrected chi connectivity index (χ2v) is 6.55. The fourth-order valence-corrected chi connectivity index (χ4v) is 3.54. The highest BCUT2D eigenvalue weighted by Crippen LogP contribution is 2.38. The van der Waals surface area contributed by atoms with Gasteiger partial charge in [-0.1, -0.05) is 29.3 Å². The van der Waals surface area contributed by atoms with E-state index in [0.29, 0.717) is 46.6 Å². The van der Waals surface area contributed by atoms with Crippen LogP contribution < -0.4 is 9.47 Å². The van der Waals surface area contributed by atoms with Gasteiger partial charge in [0.25, 0.3) is 0 Å². The predicted octanol–water partition coefficient (Wildman–Crippen LogP) is 6.06. The largest absolute Gasteiger partial charge is 0.504 e. The van der Waals surface area contributed by atoms with Gasteiger partial charge in [-0.25, -0.2) is 0 Å². The Hall–Kier alpha value is -1.88. The maximum absolute atomic E-state index is 10.4. The van der Waals surface area contributed by atoms with Crippen molar-refractivity contribution in [2.75, 3.05) is 13.2 Å². The Bertz CT molecular complexity index is 924. The maximum atomic E-state index is 10.4. The van der Waals surface area contributed by atoms with Gasteiger partial charge >= 0.3 is 0 Å². The molecule has 0 aliphatic carbocycles. The van der Waals surface area contributed by atoms with Crippen LogP contribution in [0.5, 0.6) is 17.2 Å². The molecule has 1 N–H and O–H groups in total. The Morgan fingerprint density at radius 3 is 2.26 bits per heavy atom. The Balaban J connectivity index is 0.00000261. The molecule has 0 saturated carbocycles. The number of aromatic hydroxyl groups is 1. The number of fused-ring (bicyclic) bond motifs is 1. The van der Waals surface area contributed by atoms with Crippen molar-refractivity contribution >= 4 is 46.4 Å². The van der Waals surface area contributed by atoms with E-state index in [0.717, 1.165) is 16.5 Å². The number of nitrogens with zero attached hydrogens (tertiary/aromatic N) is 1. The quantitative estimate of drug-likeness (QED) is 0.518. The molecule has 0 radical (unpaired) electrons. The minimum Gasteiger partial charge on any atom is -0.504 e. The Morgan fingerprint density at radius 1 is 0.963 bits per heavy atom. The minimum atomic E-state index is 0. The van der Waals surface area contributed by atoms with E-state index in [2.05, 4.69) is 4.98 Å². The highest BCUT2D eigenvalue weighted by Gasteiger charge is 2.13. The smallest absolute Gasteiger partial charge is 0.167 e. The van der Waals surface area contributed by atoms with Gasteiger partial charge in [-0.05, 0) is 55.0 Å². The number of benzene rings is 2. The third-order valence-corrected chi connectivity index (χ3v) is 4.56. The van der Waals surface area contributed by atoms with Crippen molar-refractivity contribution in [3.8, 4) is 17.2 Å². The summed E-state index contributed by atoms with van der Waals surface area (Å²) in [6.45, 7) is 4.73. The van der Waals surface area contributed by atoms with Crippen molar-refractivity contribution < 1.29 is 14.6 Å². The minimum absolute atomic E-state index is 0. The summed E-state index contributed by atoms with van der Waals surface area (Å²) in [5.74, 6) is 1.04. The molecule has 0 spiro atoms. The average Bonchev–Trinajstić information content (AvgIpc) is 2.61. The number of aromatic nitrogens is 1. The van der Waals surface area contributed by atoms with Crippen molar-refractivity contribution in [1.29, 1.82) is 0 Å². The molecule has 0 fully saturated rings. The van der Waals surface area contributed by atoms with Crippen molar-refractivity contribution in [1.82, 2.24) is 4.98 Å². The highest BCUT2D eigenvalue weighted by molar-refractivity contribution is 6.37. The molecule has 7 heteroatoms. The molecular weight excluding hydrogens is 409 g/mol. The number of hydrogen-bond acceptors (Lipinski definition) is 4. The van der Waals surface area contributed by atoms with E-state index in [1.807, 2.05) is 32.0 Å². The first-order valence-corrected chi connectivity index (χ1v) is 9.12. The number of ether oxygens (including phenoxy) is 2. The lowest BCUT2D eigenvalue weighted by Gasteiger charge is -2.13. The van der Waals surface area contributed by atoms with Gasteiger partial charge in [0.1, 0.15) is 0 Å². The topological polar surface area (TPSA) is 51.6 Å². The molecule has 4 nitrogen and oxygen atoms in total. The fourth-order valence-electron chi connectivity index (χ4n) is 2.90. The fraction of sp³-hybridized carbons (Fsp3) is 0.250. The van der Waals surface area contributed by atoms with E-state index in [9.17, 15) is 5.11 Å². The van der Waals surface area contributed by atoms with Crippen molar-refractivity contribution in [2.24, 2.45) is 0 Å². The summed E-state index contributed by atoms with van der Waals surface area (Å²) in [5, 5.41) is 12.9. The molecule has 3 aromatic rings. The molecule has 0 atom stereocenters. The molecule has 1 aromatic heterocycles. The summed E-state index contributed by atoms with van der Waals surface area (Å²) < 4.78 is 10.9. The van der Waals surface area contributed by atoms with E-state index in [-0.39, 0.29) is 18.2 Å². The van der Waals surface area contributed by atoms with E-state index in [4.69, 9.17) is 32.7 Å². The normalized spacial score (nSPS) is 10.5. The van der Waals surface area contributed by atoms with E-state index < -0.39 is 0 Å². The van der Waals surface area contributed by atoms with Gasteiger partial charge in [0, 0.05) is 17.8 Å². The first kappa shape index (κ1) is 21.4. The summed E-state index contributed by atoms with van der Waals surface area (Å²) in [6, 6.07) is 7.37. The van der Waals surface area contributed by atoms with Crippen molar-refractivity contribution in [2.45, 2.75) is 20.3 Å². The molecule has 27 heavy (non-hydrogen) atoms. The average molecular weight is 429 g/mol. The molecule has 3 rings (SSSR count). The van der Waals surface area contributed by atoms with Crippen LogP contribution in [0.1, 0.15) is 25.0 Å². The van der Waals surface area contributed by atoms with Gasteiger partial charge in [0.2, 0.25) is 0 Å². The van der Waals surface area contributed by atoms with Crippen LogP contribution in [0.25, 0.3) is 10.8 Å². The van der Waals surface area contributed by atoms with Crippen LogP contribution in [-0.2, 0) is 6.42 Å². The molecule has 0 aliphatic heterocycles. The molecule has 2 aromatic carbocycles. The van der Waals surface area contributed by atoms with Gasteiger partial charge < -0.3 is 14.6 Å². The molecular formula is C20H20Cl3NO3. The Labute approximate surface area is 174 Å². The van der Waals surface area contributed by atoms with Gasteiger partial charge in [0.05, 0.1) is 23.3 Å². The number of rotatable bonds is 6. The third-order valence-electron chi connectivity index (χ3n) is 4.00. The van der Waals surface area contributed by atoms with Gasteiger partial charge in [0.15, 0.2) is 17.2 Å². The van der Waals surface area contributed by atoms with Crippen LogP contribution >= 0.6 is 35.6 Å². The number of phenols is 1. The van der Waals surface area contributed by atoms with Crippen LogP contribution in [-0.4, -0.2) is 23.3 Å². The van der Waals surface area contributed by atoms with E-state index in [1.165, 1.54) is 0 Å². The molecule has 0 aliphatic rings. The van der Waals surface area contributed by atoms with Crippen LogP contribution in [0, 0.1) is 0 Å². The zero-order valence-corrected chi connectivity index (χ0v) is 17.3. The van der Waals surface area contributed by atoms with Gasteiger partial charge in [-0.15, -0.1) is 12.4 Å². The maximum Gasteiger partial charge on any atom is 0.167 e. The summed E-state index contributed by atoms with van der Waals surface area (Å²) in [6.07, 6.45) is 3.98.